The number of hydrogen-bond donors (Lipinski definition) is 0. The highest BCUT2D eigenvalue weighted by Crippen LogP contribution is 2.00. The van der Waals surface area contributed by atoms with E-state index in [1.807, 2.05) is 35.7 Å². The van der Waals surface area contributed by atoms with Crippen molar-refractivity contribution in [1.82, 2.24) is 14.2 Å². The van der Waals surface area contributed by atoms with Gasteiger partial charge in [0.05, 0.1) is 6.21 Å². The fourth-order valence-electron chi connectivity index (χ4n) is 1.99. The smallest absolute Gasteiger partial charge is 0.252 e. The Hall–Kier alpha value is -2.76. The summed E-state index contributed by atoms with van der Waals surface area (Å²) < 4.78 is 16.5. The van der Waals surface area contributed by atoms with Gasteiger partial charge in [-0.25, -0.2) is 9.07 Å². The number of nitrogens with zero attached hydrogens (tertiary/aromatic N) is 5. The second kappa shape index (κ2) is 5.70. The Morgan fingerprint density at radius 1 is 1.19 bits per heavy atom. The van der Waals surface area contributed by atoms with Crippen LogP contribution in [0.15, 0.2) is 58.9 Å². The molecule has 0 aliphatic carbocycles. The maximum atomic E-state index is 12.8. The molecule has 2 aromatic heterocycles. The van der Waals surface area contributed by atoms with Crippen LogP contribution in [0.1, 0.15) is 12.5 Å². The molecule has 0 fully saturated rings. The molecule has 3 rings (SSSR count). The van der Waals surface area contributed by atoms with E-state index in [0.717, 1.165) is 11.2 Å². The standard InChI is InChI=1S/C15H14FN5/c1-2-21-15(20-10-4-3-5-14(20)19-21)18-17-11-12-6-8-13(16)9-7-12/h3-11H,2H2,1H3/b17-11+,18-15-. The molecular formula is C15H14FN5. The molecule has 0 atom stereocenters. The number of rotatable bonds is 3. The lowest BCUT2D eigenvalue weighted by molar-refractivity contribution is 0.614. The zero-order chi connectivity index (χ0) is 14.7. The lowest BCUT2D eigenvalue weighted by atomic mass is 10.2. The number of hydrogen-bond acceptors (Lipinski definition) is 3. The summed E-state index contributed by atoms with van der Waals surface area (Å²) >= 11 is 0. The van der Waals surface area contributed by atoms with Crippen molar-refractivity contribution >= 4 is 11.9 Å². The average Bonchev–Trinajstić information content (AvgIpc) is 2.87. The van der Waals surface area contributed by atoms with Gasteiger partial charge in [0.15, 0.2) is 5.65 Å². The van der Waals surface area contributed by atoms with Crippen LogP contribution in [0.3, 0.4) is 0 Å². The molecular weight excluding hydrogens is 269 g/mol. The largest absolute Gasteiger partial charge is 0.267 e. The zero-order valence-electron chi connectivity index (χ0n) is 11.5. The molecule has 0 unspecified atom stereocenters. The minimum Gasteiger partial charge on any atom is -0.267 e. The molecule has 0 saturated heterocycles. The normalized spacial score (nSPS) is 12.6. The summed E-state index contributed by atoms with van der Waals surface area (Å²) in [6.45, 7) is 2.70. The van der Waals surface area contributed by atoms with Crippen LogP contribution in [0.2, 0.25) is 0 Å². The van der Waals surface area contributed by atoms with E-state index in [1.54, 1.807) is 23.0 Å². The number of pyridine rings is 1. The van der Waals surface area contributed by atoms with Crippen LogP contribution in [0.5, 0.6) is 0 Å². The first kappa shape index (κ1) is 13.2. The van der Waals surface area contributed by atoms with E-state index in [9.17, 15) is 4.39 Å². The van der Waals surface area contributed by atoms with Gasteiger partial charge >= 0.3 is 0 Å². The molecule has 0 spiro atoms. The van der Waals surface area contributed by atoms with E-state index in [1.165, 1.54) is 12.1 Å². The molecule has 3 aromatic rings. The van der Waals surface area contributed by atoms with Crippen molar-refractivity contribution < 1.29 is 4.39 Å². The third-order valence-electron chi connectivity index (χ3n) is 3.03. The number of halogens is 1. The third-order valence-corrected chi connectivity index (χ3v) is 3.03. The lowest BCUT2D eigenvalue weighted by Gasteiger charge is -1.93. The number of fused-ring (bicyclic) bond motifs is 1. The van der Waals surface area contributed by atoms with Crippen LogP contribution >= 0.6 is 0 Å². The summed E-state index contributed by atoms with van der Waals surface area (Å²) in [5, 5.41) is 12.7. The predicted molar refractivity (Wildman–Crippen MR) is 78.4 cm³/mol. The van der Waals surface area contributed by atoms with Gasteiger partial charge < -0.3 is 0 Å². The van der Waals surface area contributed by atoms with Gasteiger partial charge in [-0.3, -0.25) is 4.40 Å². The fourth-order valence-corrected chi connectivity index (χ4v) is 1.99. The highest BCUT2D eigenvalue weighted by molar-refractivity contribution is 5.79. The van der Waals surface area contributed by atoms with Crippen molar-refractivity contribution in [3.63, 3.8) is 0 Å². The Labute approximate surface area is 120 Å². The number of aromatic nitrogens is 3. The van der Waals surface area contributed by atoms with Gasteiger partial charge in [0.25, 0.3) is 5.62 Å². The van der Waals surface area contributed by atoms with Crippen LogP contribution in [0.4, 0.5) is 4.39 Å². The van der Waals surface area contributed by atoms with Crippen LogP contribution in [-0.4, -0.2) is 20.4 Å². The van der Waals surface area contributed by atoms with E-state index in [-0.39, 0.29) is 5.82 Å². The van der Waals surface area contributed by atoms with Crippen molar-refractivity contribution in [3.05, 3.63) is 65.7 Å². The van der Waals surface area contributed by atoms with Gasteiger partial charge in [-0.2, -0.15) is 10.2 Å². The molecule has 5 nitrogen and oxygen atoms in total. The van der Waals surface area contributed by atoms with Gasteiger partial charge in [0, 0.05) is 12.7 Å². The molecule has 0 radical (unpaired) electrons. The monoisotopic (exact) mass is 283 g/mol. The topological polar surface area (TPSA) is 47.0 Å². The first-order chi connectivity index (χ1) is 10.3. The Balaban J connectivity index is 2.01. The first-order valence-electron chi connectivity index (χ1n) is 6.65. The Morgan fingerprint density at radius 2 is 2.00 bits per heavy atom. The summed E-state index contributed by atoms with van der Waals surface area (Å²) in [5.74, 6) is -0.269. The van der Waals surface area contributed by atoms with Crippen LogP contribution in [-0.2, 0) is 6.54 Å². The minimum absolute atomic E-state index is 0.269. The second-order valence-electron chi connectivity index (χ2n) is 4.44. The molecule has 1 aromatic carbocycles. The highest BCUT2D eigenvalue weighted by Gasteiger charge is 2.01. The molecule has 0 saturated carbocycles. The maximum absolute atomic E-state index is 12.8. The first-order valence-corrected chi connectivity index (χ1v) is 6.65. The SMILES string of the molecule is CCn1nc2ccccn2/c1=N/N=C/c1ccc(F)cc1. The minimum atomic E-state index is -0.269. The Morgan fingerprint density at radius 3 is 2.76 bits per heavy atom. The van der Waals surface area contributed by atoms with Gasteiger partial charge in [-0.05, 0) is 36.8 Å². The molecule has 106 valence electrons. The van der Waals surface area contributed by atoms with Crippen molar-refractivity contribution in [2.75, 3.05) is 0 Å². The van der Waals surface area contributed by atoms with E-state index in [4.69, 9.17) is 0 Å². The fraction of sp³-hybridized carbons (Fsp3) is 0.133. The summed E-state index contributed by atoms with van der Waals surface area (Å²) in [6, 6.07) is 11.8. The van der Waals surface area contributed by atoms with E-state index in [2.05, 4.69) is 15.3 Å². The Kier molecular flexibility index (Phi) is 3.59. The zero-order valence-corrected chi connectivity index (χ0v) is 11.5. The summed E-state index contributed by atoms with van der Waals surface area (Å²) in [7, 11) is 0. The Bertz CT molecular complexity index is 842. The van der Waals surface area contributed by atoms with Crippen molar-refractivity contribution in [2.45, 2.75) is 13.5 Å². The summed E-state index contributed by atoms with van der Waals surface area (Å²) in [4.78, 5) is 0. The lowest BCUT2D eigenvalue weighted by Crippen LogP contribution is -2.21. The molecule has 0 bridgehead atoms. The molecule has 0 N–H and O–H groups in total. The van der Waals surface area contributed by atoms with Crippen molar-refractivity contribution in [1.29, 1.82) is 0 Å². The van der Waals surface area contributed by atoms with Gasteiger partial charge in [0.2, 0.25) is 0 Å². The van der Waals surface area contributed by atoms with Crippen LogP contribution < -0.4 is 5.62 Å². The average molecular weight is 283 g/mol. The van der Waals surface area contributed by atoms with Crippen molar-refractivity contribution in [2.24, 2.45) is 10.2 Å². The van der Waals surface area contributed by atoms with Crippen LogP contribution in [0, 0.1) is 5.82 Å². The molecule has 0 amide bonds. The number of benzene rings is 1. The predicted octanol–water partition coefficient (Wildman–Crippen LogP) is 2.23. The van der Waals surface area contributed by atoms with Crippen LogP contribution in [0.25, 0.3) is 5.65 Å². The van der Waals surface area contributed by atoms with E-state index < -0.39 is 0 Å². The van der Waals surface area contributed by atoms with Gasteiger partial charge in [-0.1, -0.05) is 18.2 Å². The third kappa shape index (κ3) is 2.74. The van der Waals surface area contributed by atoms with E-state index in [0.29, 0.717) is 12.2 Å². The molecule has 0 aliphatic heterocycles. The summed E-state index contributed by atoms with van der Waals surface area (Å²) in [5.41, 5.74) is 2.25. The maximum Gasteiger partial charge on any atom is 0.252 e. The number of aryl methyl sites for hydroxylation is 1. The quantitative estimate of drug-likeness (QED) is 0.537. The molecule has 2 heterocycles. The summed E-state index contributed by atoms with van der Waals surface area (Å²) in [6.07, 6.45) is 3.47. The van der Waals surface area contributed by atoms with Gasteiger partial charge in [-0.15, -0.1) is 5.10 Å². The van der Waals surface area contributed by atoms with Gasteiger partial charge in [0.1, 0.15) is 5.82 Å². The highest BCUT2D eigenvalue weighted by atomic mass is 19.1. The van der Waals surface area contributed by atoms with Crippen molar-refractivity contribution in [3.8, 4) is 0 Å². The molecule has 21 heavy (non-hydrogen) atoms. The molecule has 6 heteroatoms. The second-order valence-corrected chi connectivity index (χ2v) is 4.44. The van der Waals surface area contributed by atoms with E-state index >= 15 is 0 Å². The molecule has 0 aliphatic rings.